The number of aromatic nitrogens is 1. The molecular weight excluding hydrogens is 248 g/mol. The number of benzene rings is 1. The van der Waals surface area contributed by atoms with Crippen LogP contribution in [0.4, 0.5) is 0 Å². The summed E-state index contributed by atoms with van der Waals surface area (Å²) in [6.07, 6.45) is 2.99. The highest BCUT2D eigenvalue weighted by Gasteiger charge is 2.19. The van der Waals surface area contributed by atoms with Crippen molar-refractivity contribution in [1.82, 2.24) is 4.98 Å². The molecule has 1 atom stereocenters. The second-order valence-corrected chi connectivity index (χ2v) is 6.56. The Morgan fingerprint density at radius 3 is 2.75 bits per heavy atom. The Kier molecular flexibility index (Phi) is 4.19. The second kappa shape index (κ2) is 5.71. The third-order valence-corrected chi connectivity index (χ3v) is 3.25. The molecule has 0 saturated carbocycles. The van der Waals surface area contributed by atoms with Gasteiger partial charge in [0.25, 0.3) is 0 Å². The lowest BCUT2D eigenvalue weighted by Gasteiger charge is -2.22. The Morgan fingerprint density at radius 2 is 2.05 bits per heavy atom. The zero-order valence-electron chi connectivity index (χ0n) is 12.4. The van der Waals surface area contributed by atoms with E-state index in [0.717, 1.165) is 22.9 Å². The first-order chi connectivity index (χ1) is 9.35. The zero-order chi connectivity index (χ0) is 14.8. The number of hydrogen-bond donors (Lipinski definition) is 1. The lowest BCUT2D eigenvalue weighted by atomic mass is 9.86. The summed E-state index contributed by atoms with van der Waals surface area (Å²) in [5.74, 6) is 0.104. The van der Waals surface area contributed by atoms with Crippen molar-refractivity contribution in [2.75, 3.05) is 0 Å². The Bertz CT molecular complexity index is 614. The summed E-state index contributed by atoms with van der Waals surface area (Å²) >= 11 is 0. The summed E-state index contributed by atoms with van der Waals surface area (Å²) in [6, 6.07) is 9.37. The first-order valence-corrected chi connectivity index (χ1v) is 6.99. The first-order valence-electron chi connectivity index (χ1n) is 6.99. The van der Waals surface area contributed by atoms with Gasteiger partial charge in [-0.3, -0.25) is 9.78 Å². The van der Waals surface area contributed by atoms with E-state index in [-0.39, 0.29) is 17.2 Å². The van der Waals surface area contributed by atoms with Crippen LogP contribution in [0.3, 0.4) is 0 Å². The fourth-order valence-electron chi connectivity index (χ4n) is 2.46. The Labute approximate surface area is 120 Å². The molecule has 0 spiro atoms. The van der Waals surface area contributed by atoms with E-state index >= 15 is 0 Å². The monoisotopic (exact) mass is 270 g/mol. The molecule has 1 aromatic carbocycles. The molecule has 0 radical (unpaired) electrons. The van der Waals surface area contributed by atoms with Crippen LogP contribution >= 0.6 is 0 Å². The Balaban J connectivity index is 2.11. The minimum Gasteiger partial charge on any atom is -0.327 e. The number of carbonyl (C=O) groups is 1. The predicted molar refractivity (Wildman–Crippen MR) is 82.7 cm³/mol. The third-order valence-electron chi connectivity index (χ3n) is 3.25. The van der Waals surface area contributed by atoms with Gasteiger partial charge in [0, 0.05) is 29.6 Å². The maximum Gasteiger partial charge on any atom is 0.164 e. The number of Topliss-reactive ketones (excluding diaryl/α,β-unsaturated/α-hetero) is 1. The number of nitrogens with two attached hydrogens (primary N) is 1. The minimum absolute atomic E-state index is 0.0907. The molecule has 0 amide bonds. The smallest absolute Gasteiger partial charge is 0.164 e. The second-order valence-electron chi connectivity index (χ2n) is 6.56. The summed E-state index contributed by atoms with van der Waals surface area (Å²) in [5.41, 5.74) is 7.85. The topological polar surface area (TPSA) is 56.0 Å². The molecule has 3 heteroatoms. The molecule has 0 fully saturated rings. The van der Waals surface area contributed by atoms with Gasteiger partial charge in [-0.1, -0.05) is 26.8 Å². The van der Waals surface area contributed by atoms with Gasteiger partial charge in [-0.15, -0.1) is 0 Å². The van der Waals surface area contributed by atoms with Crippen molar-refractivity contribution < 1.29 is 4.79 Å². The number of rotatable bonds is 4. The molecule has 0 aliphatic carbocycles. The van der Waals surface area contributed by atoms with Crippen LogP contribution in [0.5, 0.6) is 0 Å². The van der Waals surface area contributed by atoms with Crippen molar-refractivity contribution in [3.8, 4) is 0 Å². The highest BCUT2D eigenvalue weighted by atomic mass is 16.1. The number of nitrogens with zero attached hydrogens (tertiary/aromatic N) is 1. The van der Waals surface area contributed by atoms with E-state index in [1.54, 1.807) is 6.20 Å². The predicted octanol–water partition coefficient (Wildman–Crippen LogP) is 3.57. The highest BCUT2D eigenvalue weighted by Crippen LogP contribution is 2.22. The van der Waals surface area contributed by atoms with Gasteiger partial charge in [0.15, 0.2) is 5.78 Å². The molecule has 20 heavy (non-hydrogen) atoms. The van der Waals surface area contributed by atoms with Crippen molar-refractivity contribution in [3.63, 3.8) is 0 Å². The summed E-state index contributed by atoms with van der Waals surface area (Å²) in [6.45, 7) is 6.41. The van der Waals surface area contributed by atoms with E-state index in [1.165, 1.54) is 0 Å². The number of carbonyl (C=O) groups excluding carboxylic acids is 1. The van der Waals surface area contributed by atoms with Crippen molar-refractivity contribution in [2.24, 2.45) is 11.1 Å². The number of fused-ring (bicyclic) bond motifs is 1. The quantitative estimate of drug-likeness (QED) is 0.864. The van der Waals surface area contributed by atoms with Crippen LogP contribution in [0.2, 0.25) is 0 Å². The van der Waals surface area contributed by atoms with Crippen molar-refractivity contribution in [1.29, 1.82) is 0 Å². The molecule has 1 aromatic heterocycles. The van der Waals surface area contributed by atoms with Crippen LogP contribution in [0.15, 0.2) is 36.5 Å². The third kappa shape index (κ3) is 3.87. The van der Waals surface area contributed by atoms with E-state index in [2.05, 4.69) is 25.8 Å². The molecule has 0 aliphatic rings. The van der Waals surface area contributed by atoms with E-state index in [1.807, 2.05) is 30.3 Å². The molecule has 1 unspecified atom stereocenters. The van der Waals surface area contributed by atoms with Crippen LogP contribution < -0.4 is 5.73 Å². The Morgan fingerprint density at radius 1 is 1.30 bits per heavy atom. The molecule has 2 aromatic rings. The van der Waals surface area contributed by atoms with Gasteiger partial charge < -0.3 is 5.73 Å². The molecule has 2 rings (SSSR count). The van der Waals surface area contributed by atoms with Crippen LogP contribution in [0.25, 0.3) is 10.9 Å². The summed E-state index contributed by atoms with van der Waals surface area (Å²) in [7, 11) is 0. The lowest BCUT2D eigenvalue weighted by molar-refractivity contribution is 0.0968. The van der Waals surface area contributed by atoms with E-state index in [0.29, 0.717) is 6.42 Å². The minimum atomic E-state index is -0.0907. The van der Waals surface area contributed by atoms with Gasteiger partial charge in [0.1, 0.15) is 0 Å². The average Bonchev–Trinajstić information content (AvgIpc) is 2.35. The van der Waals surface area contributed by atoms with Crippen LogP contribution in [0.1, 0.15) is 44.0 Å². The SMILES string of the molecule is CC(C)(C)CC(N)CC(=O)c1ccc2ncccc2c1. The number of pyridine rings is 1. The fourth-order valence-corrected chi connectivity index (χ4v) is 2.46. The van der Waals surface area contributed by atoms with Crippen LogP contribution in [-0.2, 0) is 0 Å². The maximum absolute atomic E-state index is 12.3. The molecular formula is C17H22N2O. The van der Waals surface area contributed by atoms with E-state index in [9.17, 15) is 4.79 Å². The molecule has 1 heterocycles. The normalized spacial score (nSPS) is 13.4. The van der Waals surface area contributed by atoms with Gasteiger partial charge in [-0.25, -0.2) is 0 Å². The number of ketones is 1. The van der Waals surface area contributed by atoms with Crippen LogP contribution in [0, 0.1) is 5.41 Å². The van der Waals surface area contributed by atoms with Crippen LogP contribution in [-0.4, -0.2) is 16.8 Å². The number of hydrogen-bond acceptors (Lipinski definition) is 3. The van der Waals surface area contributed by atoms with Gasteiger partial charge in [0.2, 0.25) is 0 Å². The molecule has 0 aliphatic heterocycles. The molecule has 0 bridgehead atoms. The lowest BCUT2D eigenvalue weighted by Crippen LogP contribution is -2.29. The van der Waals surface area contributed by atoms with Gasteiger partial charge in [-0.05, 0) is 36.1 Å². The molecule has 2 N–H and O–H groups in total. The van der Waals surface area contributed by atoms with Crippen molar-refractivity contribution in [2.45, 2.75) is 39.7 Å². The molecule has 3 nitrogen and oxygen atoms in total. The summed E-state index contributed by atoms with van der Waals surface area (Å²) in [4.78, 5) is 16.5. The molecule has 0 saturated heterocycles. The average molecular weight is 270 g/mol. The Hall–Kier alpha value is -1.74. The van der Waals surface area contributed by atoms with E-state index < -0.39 is 0 Å². The standard InChI is InChI=1S/C17H22N2O/c1-17(2,3)11-14(18)10-16(20)13-6-7-15-12(9-13)5-4-8-19-15/h4-9,14H,10-11,18H2,1-3H3. The fraction of sp³-hybridized carbons (Fsp3) is 0.412. The van der Waals surface area contributed by atoms with Gasteiger partial charge >= 0.3 is 0 Å². The van der Waals surface area contributed by atoms with Crippen molar-refractivity contribution in [3.05, 3.63) is 42.1 Å². The summed E-state index contributed by atoms with van der Waals surface area (Å²) in [5, 5.41) is 0.989. The van der Waals surface area contributed by atoms with E-state index in [4.69, 9.17) is 5.73 Å². The van der Waals surface area contributed by atoms with Crippen molar-refractivity contribution >= 4 is 16.7 Å². The van der Waals surface area contributed by atoms with Gasteiger partial charge in [-0.2, -0.15) is 0 Å². The summed E-state index contributed by atoms with van der Waals surface area (Å²) < 4.78 is 0. The first kappa shape index (κ1) is 14.7. The maximum atomic E-state index is 12.3. The molecule has 106 valence electrons. The van der Waals surface area contributed by atoms with Gasteiger partial charge in [0.05, 0.1) is 5.52 Å². The largest absolute Gasteiger partial charge is 0.327 e. The highest BCUT2D eigenvalue weighted by molar-refractivity contribution is 5.99. The zero-order valence-corrected chi connectivity index (χ0v) is 12.4.